The summed E-state index contributed by atoms with van der Waals surface area (Å²) in [5, 5.41) is 10.0. The minimum absolute atomic E-state index is 0.0602. The van der Waals surface area contributed by atoms with E-state index in [4.69, 9.17) is 0 Å². The van der Waals surface area contributed by atoms with E-state index in [2.05, 4.69) is 0 Å². The van der Waals surface area contributed by atoms with Crippen LogP contribution in [0, 0.1) is 11.3 Å². The fraction of sp³-hybridized carbons (Fsp3) is 1.00. The van der Waals surface area contributed by atoms with Crippen molar-refractivity contribution in [2.45, 2.75) is 39.7 Å². The molecule has 1 saturated heterocycles. The molecule has 1 aliphatic rings. The summed E-state index contributed by atoms with van der Waals surface area (Å²) in [5.74, 6) is 0.349. The number of hydrogen-bond acceptors (Lipinski definition) is 3. The molecule has 0 aliphatic carbocycles. The lowest BCUT2D eigenvalue weighted by Crippen LogP contribution is -2.36. The van der Waals surface area contributed by atoms with E-state index in [1.165, 1.54) is 0 Å². The Labute approximate surface area is 86.4 Å². The van der Waals surface area contributed by atoms with Gasteiger partial charge in [-0.1, -0.05) is 20.8 Å². The molecule has 0 amide bonds. The minimum Gasteiger partial charge on any atom is -0.392 e. The fourth-order valence-corrected chi connectivity index (χ4v) is 3.75. The summed E-state index contributed by atoms with van der Waals surface area (Å²) in [6.45, 7) is 6.00. The van der Waals surface area contributed by atoms with E-state index in [-0.39, 0.29) is 22.8 Å². The van der Waals surface area contributed by atoms with Gasteiger partial charge in [-0.15, -0.1) is 0 Å². The molecular formula is C10H20O3S. The number of sulfone groups is 1. The van der Waals surface area contributed by atoms with Crippen LogP contribution in [0.1, 0.15) is 33.6 Å². The number of aliphatic hydroxyl groups excluding tert-OH is 1. The lowest BCUT2D eigenvalue weighted by Gasteiger charge is -2.32. The lowest BCUT2D eigenvalue weighted by molar-refractivity contribution is 0.00740. The van der Waals surface area contributed by atoms with E-state index >= 15 is 0 Å². The zero-order valence-corrected chi connectivity index (χ0v) is 9.97. The van der Waals surface area contributed by atoms with Gasteiger partial charge >= 0.3 is 0 Å². The zero-order chi connectivity index (χ0) is 11.0. The molecule has 0 radical (unpaired) electrons. The minimum atomic E-state index is -2.87. The molecule has 2 atom stereocenters. The first-order valence-electron chi connectivity index (χ1n) is 5.17. The summed E-state index contributed by atoms with van der Waals surface area (Å²) in [4.78, 5) is 0. The van der Waals surface area contributed by atoms with E-state index in [0.717, 1.165) is 6.42 Å². The first kappa shape index (κ1) is 12.0. The molecule has 2 unspecified atom stereocenters. The third-order valence-electron chi connectivity index (χ3n) is 3.43. The normalized spacial score (nSPS) is 29.0. The molecule has 14 heavy (non-hydrogen) atoms. The maximum Gasteiger partial charge on any atom is 0.150 e. The molecule has 1 aliphatic heterocycles. The van der Waals surface area contributed by atoms with Crippen LogP contribution in [0.2, 0.25) is 0 Å². The summed E-state index contributed by atoms with van der Waals surface area (Å²) in [5.41, 5.74) is -0.176. The van der Waals surface area contributed by atoms with E-state index < -0.39 is 15.9 Å². The number of rotatable bonds is 3. The molecule has 0 aromatic carbocycles. The maximum atomic E-state index is 11.2. The van der Waals surface area contributed by atoms with Crippen LogP contribution in [0.3, 0.4) is 0 Å². The van der Waals surface area contributed by atoms with Crippen LogP contribution in [0.4, 0.5) is 0 Å². The SMILES string of the molecule is CCC(C)(C)C(O)C1CCS(=O)(=O)C1. The fourth-order valence-electron chi connectivity index (χ4n) is 1.92. The second-order valence-electron chi connectivity index (χ2n) is 4.95. The summed E-state index contributed by atoms with van der Waals surface area (Å²) < 4.78 is 22.5. The lowest BCUT2D eigenvalue weighted by atomic mass is 9.77. The van der Waals surface area contributed by atoms with Crippen LogP contribution in [-0.4, -0.2) is 31.1 Å². The van der Waals surface area contributed by atoms with Gasteiger partial charge < -0.3 is 5.11 Å². The topological polar surface area (TPSA) is 54.4 Å². The standard InChI is InChI=1S/C10H20O3S/c1-4-10(2,3)9(11)8-5-6-14(12,13)7-8/h8-9,11H,4-7H2,1-3H3. The predicted molar refractivity (Wildman–Crippen MR) is 56.8 cm³/mol. The first-order valence-corrected chi connectivity index (χ1v) is 6.99. The van der Waals surface area contributed by atoms with Crippen molar-refractivity contribution in [1.82, 2.24) is 0 Å². The van der Waals surface area contributed by atoms with Gasteiger partial charge in [0.1, 0.15) is 0 Å². The Morgan fingerprint density at radius 3 is 2.43 bits per heavy atom. The molecule has 3 nitrogen and oxygen atoms in total. The highest BCUT2D eigenvalue weighted by Gasteiger charge is 2.39. The van der Waals surface area contributed by atoms with Crippen molar-refractivity contribution in [3.63, 3.8) is 0 Å². The van der Waals surface area contributed by atoms with Gasteiger partial charge in [0.2, 0.25) is 0 Å². The molecule has 4 heteroatoms. The van der Waals surface area contributed by atoms with Crippen LogP contribution in [0.25, 0.3) is 0 Å². The van der Waals surface area contributed by atoms with Crippen LogP contribution in [0.5, 0.6) is 0 Å². The highest BCUT2D eigenvalue weighted by Crippen LogP contribution is 2.34. The van der Waals surface area contributed by atoms with Gasteiger partial charge in [0.05, 0.1) is 17.6 Å². The second-order valence-corrected chi connectivity index (χ2v) is 7.18. The Hall–Kier alpha value is -0.0900. The second kappa shape index (κ2) is 3.81. The molecule has 1 heterocycles. The van der Waals surface area contributed by atoms with Crippen LogP contribution in [-0.2, 0) is 9.84 Å². The third kappa shape index (κ3) is 2.48. The zero-order valence-electron chi connectivity index (χ0n) is 9.16. The van der Waals surface area contributed by atoms with Crippen molar-refractivity contribution in [1.29, 1.82) is 0 Å². The van der Waals surface area contributed by atoms with Crippen LogP contribution < -0.4 is 0 Å². The highest BCUT2D eigenvalue weighted by molar-refractivity contribution is 7.91. The Kier molecular flexibility index (Phi) is 3.26. The molecule has 1 fully saturated rings. The van der Waals surface area contributed by atoms with Gasteiger partial charge in [-0.2, -0.15) is 0 Å². The molecule has 1 N–H and O–H groups in total. The molecule has 0 spiro atoms. The Morgan fingerprint density at radius 2 is 2.07 bits per heavy atom. The van der Waals surface area contributed by atoms with Crippen LogP contribution >= 0.6 is 0 Å². The Morgan fingerprint density at radius 1 is 1.50 bits per heavy atom. The van der Waals surface area contributed by atoms with Crippen molar-refractivity contribution in [3.05, 3.63) is 0 Å². The quantitative estimate of drug-likeness (QED) is 0.778. The van der Waals surface area contributed by atoms with Gasteiger partial charge in [-0.3, -0.25) is 0 Å². The molecule has 0 aromatic heterocycles. The van der Waals surface area contributed by atoms with Gasteiger partial charge in [0.25, 0.3) is 0 Å². The van der Waals surface area contributed by atoms with Crippen molar-refractivity contribution >= 4 is 9.84 Å². The van der Waals surface area contributed by atoms with E-state index in [1.807, 2.05) is 20.8 Å². The van der Waals surface area contributed by atoms with Gasteiger partial charge in [-0.05, 0) is 18.3 Å². The molecule has 0 saturated carbocycles. The molecule has 1 rings (SSSR count). The summed E-state index contributed by atoms with van der Waals surface area (Å²) in [6.07, 6.45) is 0.988. The van der Waals surface area contributed by atoms with Crippen molar-refractivity contribution < 1.29 is 13.5 Å². The van der Waals surface area contributed by atoms with E-state index in [0.29, 0.717) is 6.42 Å². The Balaban J connectivity index is 2.69. The largest absolute Gasteiger partial charge is 0.392 e. The molecular weight excluding hydrogens is 200 g/mol. The average Bonchev–Trinajstić information content (AvgIpc) is 2.44. The molecule has 84 valence electrons. The smallest absolute Gasteiger partial charge is 0.150 e. The summed E-state index contributed by atoms with van der Waals surface area (Å²) in [7, 11) is -2.87. The van der Waals surface area contributed by atoms with E-state index in [9.17, 15) is 13.5 Å². The van der Waals surface area contributed by atoms with Gasteiger partial charge in [-0.25, -0.2) is 8.42 Å². The molecule has 0 aromatic rings. The highest BCUT2D eigenvalue weighted by atomic mass is 32.2. The third-order valence-corrected chi connectivity index (χ3v) is 5.22. The van der Waals surface area contributed by atoms with Crippen LogP contribution in [0.15, 0.2) is 0 Å². The summed E-state index contributed by atoms with van der Waals surface area (Å²) >= 11 is 0. The molecule has 0 bridgehead atoms. The van der Waals surface area contributed by atoms with Crippen molar-refractivity contribution in [2.75, 3.05) is 11.5 Å². The van der Waals surface area contributed by atoms with Gasteiger partial charge in [0.15, 0.2) is 9.84 Å². The van der Waals surface area contributed by atoms with Crippen molar-refractivity contribution in [2.24, 2.45) is 11.3 Å². The van der Waals surface area contributed by atoms with Gasteiger partial charge in [0, 0.05) is 5.92 Å². The first-order chi connectivity index (χ1) is 6.28. The number of hydrogen-bond donors (Lipinski definition) is 1. The predicted octanol–water partition coefficient (Wildman–Crippen LogP) is 1.22. The maximum absolute atomic E-state index is 11.2. The van der Waals surface area contributed by atoms with Crippen molar-refractivity contribution in [3.8, 4) is 0 Å². The number of aliphatic hydroxyl groups is 1. The Bertz CT molecular complexity index is 292. The summed E-state index contributed by atoms with van der Waals surface area (Å²) in [6, 6.07) is 0. The van der Waals surface area contributed by atoms with E-state index in [1.54, 1.807) is 0 Å². The average molecular weight is 220 g/mol. The monoisotopic (exact) mass is 220 g/mol.